The lowest BCUT2D eigenvalue weighted by atomic mass is 10.0. The molecule has 7 nitrogen and oxygen atoms in total. The van der Waals surface area contributed by atoms with Crippen molar-refractivity contribution < 1.29 is 9.59 Å². The van der Waals surface area contributed by atoms with Crippen LogP contribution in [0.5, 0.6) is 0 Å². The molecule has 1 N–H and O–H groups in total. The number of hydrogen-bond donors (Lipinski definition) is 1. The molecule has 1 aromatic heterocycles. The van der Waals surface area contributed by atoms with Crippen molar-refractivity contribution in [3.63, 3.8) is 0 Å². The van der Waals surface area contributed by atoms with Gasteiger partial charge in [0.25, 0.3) is 0 Å². The van der Waals surface area contributed by atoms with Crippen LogP contribution in [0.2, 0.25) is 0 Å². The third kappa shape index (κ3) is 5.33. The lowest BCUT2D eigenvalue weighted by molar-refractivity contribution is -0.132. The second-order valence-corrected chi connectivity index (χ2v) is 6.53. The molecular formula is C17H29N5O2. The number of imidazole rings is 1. The predicted molar refractivity (Wildman–Crippen MR) is 92.4 cm³/mol. The van der Waals surface area contributed by atoms with Gasteiger partial charge in [0.1, 0.15) is 5.82 Å². The van der Waals surface area contributed by atoms with Gasteiger partial charge in [-0.25, -0.2) is 4.98 Å². The number of carbonyl (C=O) groups excluding carboxylic acids is 2. The average Bonchev–Trinajstić information content (AvgIpc) is 2.97. The Bertz CT molecular complexity index is 549. The Hall–Kier alpha value is -1.89. The normalized spacial score (nSPS) is 15.8. The molecule has 0 unspecified atom stereocenters. The summed E-state index contributed by atoms with van der Waals surface area (Å²) >= 11 is 0. The number of hydrogen-bond acceptors (Lipinski definition) is 4. The van der Waals surface area contributed by atoms with Crippen LogP contribution in [-0.4, -0.2) is 70.4 Å². The minimum absolute atomic E-state index is 0.0107. The summed E-state index contributed by atoms with van der Waals surface area (Å²) in [6.45, 7) is 4.68. The van der Waals surface area contributed by atoms with Crippen LogP contribution in [0.15, 0.2) is 12.4 Å². The van der Waals surface area contributed by atoms with Crippen LogP contribution < -0.4 is 5.32 Å². The van der Waals surface area contributed by atoms with E-state index < -0.39 is 0 Å². The lowest BCUT2D eigenvalue weighted by Gasteiger charge is -2.36. The number of aryl methyl sites for hydroxylation is 2. The molecule has 134 valence electrons. The number of nitrogens with one attached hydrogen (secondary N) is 1. The maximum atomic E-state index is 12.4. The van der Waals surface area contributed by atoms with Crippen molar-refractivity contribution in [1.29, 1.82) is 0 Å². The summed E-state index contributed by atoms with van der Waals surface area (Å²) in [5.74, 6) is 1.19. The van der Waals surface area contributed by atoms with Gasteiger partial charge in [-0.15, -0.1) is 0 Å². The monoisotopic (exact) mass is 335 g/mol. The average molecular weight is 335 g/mol. The number of aromatic nitrogens is 2. The van der Waals surface area contributed by atoms with Gasteiger partial charge in [-0.1, -0.05) is 0 Å². The Morgan fingerprint density at radius 3 is 2.67 bits per heavy atom. The van der Waals surface area contributed by atoms with E-state index in [9.17, 15) is 9.59 Å². The predicted octanol–water partition coefficient (Wildman–Crippen LogP) is 0.412. The van der Waals surface area contributed by atoms with Crippen molar-refractivity contribution in [2.75, 3.05) is 33.2 Å². The van der Waals surface area contributed by atoms with E-state index in [2.05, 4.69) is 22.2 Å². The second kappa shape index (κ2) is 8.82. The Balaban J connectivity index is 1.68. The number of likely N-dealkylation sites (tertiary alicyclic amines) is 1. The largest absolute Gasteiger partial charge is 0.355 e. The minimum atomic E-state index is 0.0107. The Morgan fingerprint density at radius 1 is 1.38 bits per heavy atom. The molecule has 0 saturated carbocycles. The molecule has 0 spiro atoms. The van der Waals surface area contributed by atoms with E-state index in [-0.39, 0.29) is 11.8 Å². The number of piperidine rings is 1. The fourth-order valence-corrected chi connectivity index (χ4v) is 3.16. The van der Waals surface area contributed by atoms with Crippen LogP contribution in [0, 0.1) is 0 Å². The maximum absolute atomic E-state index is 12.4. The molecule has 0 bridgehead atoms. The summed E-state index contributed by atoms with van der Waals surface area (Å²) in [6, 6.07) is 0.484. The molecule has 2 rings (SSSR count). The van der Waals surface area contributed by atoms with Crippen LogP contribution in [0.4, 0.5) is 0 Å². The SMILES string of the molecule is CC(=O)NCCN(C)C1CCN(C(=O)CCc2nccn2C)CC1. The van der Waals surface area contributed by atoms with Crippen molar-refractivity contribution in [1.82, 2.24) is 24.7 Å². The lowest BCUT2D eigenvalue weighted by Crippen LogP contribution is -2.47. The first-order valence-electron chi connectivity index (χ1n) is 8.66. The highest BCUT2D eigenvalue weighted by atomic mass is 16.2. The smallest absolute Gasteiger partial charge is 0.223 e. The molecule has 2 amide bonds. The molecule has 1 aliphatic rings. The zero-order valence-corrected chi connectivity index (χ0v) is 15.0. The molecule has 1 saturated heterocycles. The number of likely N-dealkylation sites (N-methyl/N-ethyl adjacent to an activating group) is 1. The zero-order chi connectivity index (χ0) is 17.5. The van der Waals surface area contributed by atoms with Gasteiger partial charge >= 0.3 is 0 Å². The van der Waals surface area contributed by atoms with Crippen molar-refractivity contribution >= 4 is 11.8 Å². The fraction of sp³-hybridized carbons (Fsp3) is 0.706. The number of carbonyl (C=O) groups is 2. The van der Waals surface area contributed by atoms with Gasteiger partial charge in [0.15, 0.2) is 0 Å². The molecule has 0 aliphatic carbocycles. The van der Waals surface area contributed by atoms with E-state index in [4.69, 9.17) is 0 Å². The number of amides is 2. The minimum Gasteiger partial charge on any atom is -0.355 e. The Morgan fingerprint density at radius 2 is 2.08 bits per heavy atom. The summed E-state index contributed by atoms with van der Waals surface area (Å²) in [6.07, 6.45) is 6.87. The molecule has 2 heterocycles. The Labute approximate surface area is 144 Å². The summed E-state index contributed by atoms with van der Waals surface area (Å²) < 4.78 is 1.96. The van der Waals surface area contributed by atoms with Crippen molar-refractivity contribution in [3.8, 4) is 0 Å². The highest BCUT2D eigenvalue weighted by molar-refractivity contribution is 5.76. The highest BCUT2D eigenvalue weighted by Crippen LogP contribution is 2.16. The number of rotatable bonds is 7. The summed E-state index contributed by atoms with van der Waals surface area (Å²) in [4.78, 5) is 31.8. The van der Waals surface area contributed by atoms with Crippen LogP contribution >= 0.6 is 0 Å². The van der Waals surface area contributed by atoms with E-state index in [1.54, 1.807) is 6.20 Å². The third-order valence-corrected chi connectivity index (χ3v) is 4.76. The van der Waals surface area contributed by atoms with Crippen molar-refractivity contribution in [2.45, 2.75) is 38.6 Å². The van der Waals surface area contributed by atoms with E-state index >= 15 is 0 Å². The molecule has 0 aromatic carbocycles. The van der Waals surface area contributed by atoms with Crippen LogP contribution in [-0.2, 0) is 23.1 Å². The van der Waals surface area contributed by atoms with E-state index in [1.807, 2.05) is 22.7 Å². The van der Waals surface area contributed by atoms with Gasteiger partial charge in [-0.3, -0.25) is 9.59 Å². The summed E-state index contributed by atoms with van der Waals surface area (Å²) in [5, 5.41) is 2.82. The molecule has 1 aromatic rings. The molecule has 7 heteroatoms. The van der Waals surface area contributed by atoms with Crippen LogP contribution in [0.1, 0.15) is 32.0 Å². The van der Waals surface area contributed by atoms with E-state index in [0.29, 0.717) is 25.4 Å². The number of nitrogens with zero attached hydrogens (tertiary/aromatic N) is 4. The van der Waals surface area contributed by atoms with Crippen molar-refractivity contribution in [2.24, 2.45) is 7.05 Å². The summed E-state index contributed by atoms with van der Waals surface area (Å²) in [7, 11) is 4.04. The first-order chi connectivity index (χ1) is 11.5. The van der Waals surface area contributed by atoms with E-state index in [1.165, 1.54) is 6.92 Å². The van der Waals surface area contributed by atoms with E-state index in [0.717, 1.165) is 38.3 Å². The standard InChI is InChI=1S/C17H29N5O2/c1-14(23)18-8-12-20(2)15-6-10-22(11-7-15)17(24)5-4-16-19-9-13-21(16)3/h9,13,15H,4-8,10-12H2,1-3H3,(H,18,23). The summed E-state index contributed by atoms with van der Waals surface area (Å²) in [5.41, 5.74) is 0. The maximum Gasteiger partial charge on any atom is 0.223 e. The van der Waals surface area contributed by atoms with Crippen LogP contribution in [0.3, 0.4) is 0 Å². The Kier molecular flexibility index (Phi) is 6.78. The van der Waals surface area contributed by atoms with Gasteiger partial charge in [-0.05, 0) is 19.9 Å². The van der Waals surface area contributed by atoms with Crippen molar-refractivity contribution in [3.05, 3.63) is 18.2 Å². The molecule has 24 heavy (non-hydrogen) atoms. The van der Waals surface area contributed by atoms with Gasteiger partial charge in [0, 0.05) is 71.4 Å². The third-order valence-electron chi connectivity index (χ3n) is 4.76. The van der Waals surface area contributed by atoms with Gasteiger partial charge in [0.2, 0.25) is 11.8 Å². The van der Waals surface area contributed by atoms with Crippen LogP contribution in [0.25, 0.3) is 0 Å². The quantitative estimate of drug-likeness (QED) is 0.784. The topological polar surface area (TPSA) is 70.5 Å². The van der Waals surface area contributed by atoms with Gasteiger partial charge in [-0.2, -0.15) is 0 Å². The molecule has 1 aliphatic heterocycles. The highest BCUT2D eigenvalue weighted by Gasteiger charge is 2.25. The molecule has 1 fully saturated rings. The fourth-order valence-electron chi connectivity index (χ4n) is 3.16. The second-order valence-electron chi connectivity index (χ2n) is 6.53. The van der Waals surface area contributed by atoms with Gasteiger partial charge < -0.3 is 19.7 Å². The molecular weight excluding hydrogens is 306 g/mol. The molecule has 0 radical (unpaired) electrons. The zero-order valence-electron chi connectivity index (χ0n) is 15.0. The molecule has 0 atom stereocenters. The first-order valence-corrected chi connectivity index (χ1v) is 8.66. The first kappa shape index (κ1) is 18.4. The van der Waals surface area contributed by atoms with Gasteiger partial charge in [0.05, 0.1) is 0 Å².